The monoisotopic (exact) mass is 308 g/mol. The quantitative estimate of drug-likeness (QED) is 0.752. The molecular weight excluding hydrogens is 295 g/mol. The molecule has 0 aliphatic carbocycles. The molecule has 2 rings (SSSR count). The fraction of sp³-hybridized carbons (Fsp3) is 0.188. The van der Waals surface area contributed by atoms with E-state index in [0.717, 1.165) is 0 Å². The lowest BCUT2D eigenvalue weighted by atomic mass is 10.1. The van der Waals surface area contributed by atoms with Crippen LogP contribution >= 0.6 is 11.6 Å². The van der Waals surface area contributed by atoms with Crippen molar-refractivity contribution < 1.29 is 18.7 Å². The highest BCUT2D eigenvalue weighted by atomic mass is 35.5. The SMILES string of the molecule is CCOc1ccccc1C(=O)COc1cccc(Cl)c1F. The molecule has 3 nitrogen and oxygen atoms in total. The summed E-state index contributed by atoms with van der Waals surface area (Å²) in [6.07, 6.45) is 0. The molecule has 0 amide bonds. The number of para-hydroxylation sites is 1. The van der Waals surface area contributed by atoms with Crippen molar-refractivity contribution in [1.29, 1.82) is 0 Å². The second kappa shape index (κ2) is 7.09. The number of ether oxygens (including phenoxy) is 2. The number of benzene rings is 2. The van der Waals surface area contributed by atoms with E-state index in [4.69, 9.17) is 21.1 Å². The third-order valence-electron chi connectivity index (χ3n) is 2.76. The van der Waals surface area contributed by atoms with Crippen molar-refractivity contribution in [3.8, 4) is 11.5 Å². The lowest BCUT2D eigenvalue weighted by Crippen LogP contribution is -2.13. The van der Waals surface area contributed by atoms with Crippen LogP contribution in [-0.2, 0) is 0 Å². The molecule has 5 heteroatoms. The Morgan fingerprint density at radius 3 is 2.57 bits per heavy atom. The maximum atomic E-state index is 13.7. The van der Waals surface area contributed by atoms with E-state index < -0.39 is 5.82 Å². The Morgan fingerprint density at radius 1 is 1.10 bits per heavy atom. The molecule has 0 aromatic heterocycles. The Bertz CT molecular complexity index is 643. The van der Waals surface area contributed by atoms with E-state index in [0.29, 0.717) is 17.9 Å². The van der Waals surface area contributed by atoms with Gasteiger partial charge in [0, 0.05) is 0 Å². The molecule has 0 N–H and O–H groups in total. The van der Waals surface area contributed by atoms with Crippen LogP contribution in [0.5, 0.6) is 11.5 Å². The molecule has 0 bridgehead atoms. The molecular formula is C16H14ClFO3. The lowest BCUT2D eigenvalue weighted by molar-refractivity contribution is 0.0915. The highest BCUT2D eigenvalue weighted by Gasteiger charge is 2.14. The van der Waals surface area contributed by atoms with Gasteiger partial charge in [-0.15, -0.1) is 0 Å². The van der Waals surface area contributed by atoms with Crippen molar-refractivity contribution in [1.82, 2.24) is 0 Å². The molecule has 0 atom stereocenters. The lowest BCUT2D eigenvalue weighted by Gasteiger charge is -2.10. The van der Waals surface area contributed by atoms with E-state index in [9.17, 15) is 9.18 Å². The van der Waals surface area contributed by atoms with E-state index in [-0.39, 0.29) is 23.2 Å². The highest BCUT2D eigenvalue weighted by molar-refractivity contribution is 6.30. The van der Waals surface area contributed by atoms with Gasteiger partial charge in [-0.2, -0.15) is 0 Å². The van der Waals surface area contributed by atoms with Gasteiger partial charge in [-0.3, -0.25) is 4.79 Å². The van der Waals surface area contributed by atoms with Crippen LogP contribution in [0.3, 0.4) is 0 Å². The smallest absolute Gasteiger partial charge is 0.203 e. The van der Waals surface area contributed by atoms with Crippen LogP contribution in [0.15, 0.2) is 42.5 Å². The zero-order valence-corrected chi connectivity index (χ0v) is 12.2. The first-order valence-electron chi connectivity index (χ1n) is 6.45. The number of carbonyl (C=O) groups is 1. The summed E-state index contributed by atoms with van der Waals surface area (Å²) in [6.45, 7) is 1.99. The standard InChI is InChI=1S/C16H14ClFO3/c1-2-20-14-8-4-3-6-11(14)13(19)10-21-15-9-5-7-12(17)16(15)18/h3-9H,2,10H2,1H3. The highest BCUT2D eigenvalue weighted by Crippen LogP contribution is 2.25. The Kier molecular flexibility index (Phi) is 5.17. The van der Waals surface area contributed by atoms with Gasteiger partial charge in [0.1, 0.15) is 5.75 Å². The second-order valence-corrected chi connectivity index (χ2v) is 4.60. The maximum Gasteiger partial charge on any atom is 0.203 e. The predicted octanol–water partition coefficient (Wildman–Crippen LogP) is 4.14. The molecule has 0 aliphatic rings. The van der Waals surface area contributed by atoms with Gasteiger partial charge >= 0.3 is 0 Å². The zero-order valence-electron chi connectivity index (χ0n) is 11.4. The zero-order chi connectivity index (χ0) is 15.2. The molecule has 0 fully saturated rings. The Labute approximate surface area is 127 Å². The first-order chi connectivity index (χ1) is 10.1. The second-order valence-electron chi connectivity index (χ2n) is 4.19. The molecule has 0 heterocycles. The van der Waals surface area contributed by atoms with Crippen molar-refractivity contribution in [3.63, 3.8) is 0 Å². The van der Waals surface area contributed by atoms with Crippen LogP contribution in [0.25, 0.3) is 0 Å². The van der Waals surface area contributed by atoms with Crippen molar-refractivity contribution in [2.75, 3.05) is 13.2 Å². The van der Waals surface area contributed by atoms with Crippen LogP contribution < -0.4 is 9.47 Å². The fourth-order valence-corrected chi connectivity index (χ4v) is 1.96. The molecule has 0 saturated carbocycles. The summed E-state index contributed by atoms with van der Waals surface area (Å²) in [5, 5.41) is -0.0466. The van der Waals surface area contributed by atoms with Gasteiger partial charge < -0.3 is 9.47 Å². The average Bonchev–Trinajstić information content (AvgIpc) is 2.49. The van der Waals surface area contributed by atoms with Gasteiger partial charge in [-0.1, -0.05) is 29.8 Å². The van der Waals surface area contributed by atoms with Crippen molar-refractivity contribution >= 4 is 17.4 Å². The molecule has 0 aliphatic heterocycles. The first kappa shape index (κ1) is 15.3. The van der Waals surface area contributed by atoms with E-state index in [1.54, 1.807) is 30.3 Å². The fourth-order valence-electron chi connectivity index (χ4n) is 1.79. The first-order valence-corrected chi connectivity index (χ1v) is 6.83. The van der Waals surface area contributed by atoms with Crippen LogP contribution in [0.1, 0.15) is 17.3 Å². The van der Waals surface area contributed by atoms with Gasteiger partial charge in [0.2, 0.25) is 5.78 Å². The summed E-state index contributed by atoms with van der Waals surface area (Å²) in [4.78, 5) is 12.1. The van der Waals surface area contributed by atoms with Crippen molar-refractivity contribution in [3.05, 3.63) is 58.9 Å². The number of rotatable bonds is 6. The van der Waals surface area contributed by atoms with Crippen LogP contribution in [0.2, 0.25) is 5.02 Å². The third kappa shape index (κ3) is 3.73. The normalized spacial score (nSPS) is 10.2. The minimum absolute atomic E-state index is 0.0466. The summed E-state index contributed by atoms with van der Waals surface area (Å²) >= 11 is 5.65. The molecule has 21 heavy (non-hydrogen) atoms. The Hall–Kier alpha value is -2.07. The largest absolute Gasteiger partial charge is 0.493 e. The van der Waals surface area contributed by atoms with Gasteiger partial charge in [-0.05, 0) is 31.2 Å². The summed E-state index contributed by atoms with van der Waals surface area (Å²) in [6, 6.07) is 11.2. The summed E-state index contributed by atoms with van der Waals surface area (Å²) < 4.78 is 24.2. The topological polar surface area (TPSA) is 35.5 Å². The summed E-state index contributed by atoms with van der Waals surface area (Å²) in [7, 11) is 0. The molecule has 110 valence electrons. The van der Waals surface area contributed by atoms with E-state index in [1.165, 1.54) is 12.1 Å². The molecule has 0 unspecified atom stereocenters. The number of hydrogen-bond donors (Lipinski definition) is 0. The number of ketones is 1. The minimum atomic E-state index is -0.676. The molecule has 0 saturated heterocycles. The minimum Gasteiger partial charge on any atom is -0.493 e. The maximum absolute atomic E-state index is 13.7. The van der Waals surface area contributed by atoms with E-state index in [2.05, 4.69) is 0 Å². The van der Waals surface area contributed by atoms with Crippen LogP contribution in [0, 0.1) is 5.82 Å². The molecule has 0 radical (unpaired) electrons. The molecule has 2 aromatic rings. The van der Waals surface area contributed by atoms with E-state index >= 15 is 0 Å². The van der Waals surface area contributed by atoms with Gasteiger partial charge in [0.15, 0.2) is 18.2 Å². The number of hydrogen-bond acceptors (Lipinski definition) is 3. The number of halogens is 2. The third-order valence-corrected chi connectivity index (χ3v) is 3.05. The summed E-state index contributed by atoms with van der Waals surface area (Å²) in [5.74, 6) is -0.534. The average molecular weight is 309 g/mol. The Balaban J connectivity index is 2.10. The molecule has 0 spiro atoms. The van der Waals surface area contributed by atoms with E-state index in [1.807, 2.05) is 6.92 Å². The number of Topliss-reactive ketones (excluding diaryl/α,β-unsaturated/α-hetero) is 1. The van der Waals surface area contributed by atoms with Crippen LogP contribution in [-0.4, -0.2) is 19.0 Å². The summed E-state index contributed by atoms with van der Waals surface area (Å²) in [5.41, 5.74) is 0.404. The van der Waals surface area contributed by atoms with Gasteiger partial charge in [-0.25, -0.2) is 4.39 Å². The van der Waals surface area contributed by atoms with Gasteiger partial charge in [0.25, 0.3) is 0 Å². The van der Waals surface area contributed by atoms with Gasteiger partial charge in [0.05, 0.1) is 17.2 Å². The Morgan fingerprint density at radius 2 is 1.81 bits per heavy atom. The molecule has 2 aromatic carbocycles. The van der Waals surface area contributed by atoms with Crippen molar-refractivity contribution in [2.24, 2.45) is 0 Å². The van der Waals surface area contributed by atoms with Crippen LogP contribution in [0.4, 0.5) is 4.39 Å². The predicted molar refractivity (Wildman–Crippen MR) is 78.8 cm³/mol. The van der Waals surface area contributed by atoms with Crippen molar-refractivity contribution in [2.45, 2.75) is 6.92 Å². The number of carbonyl (C=O) groups excluding carboxylic acids is 1.